The van der Waals surface area contributed by atoms with Crippen LogP contribution in [0.2, 0.25) is 0 Å². The maximum atomic E-state index is 12.5. The van der Waals surface area contributed by atoms with Crippen LogP contribution in [-0.4, -0.2) is 29.0 Å². The highest BCUT2D eigenvalue weighted by Crippen LogP contribution is 2.21. The fraction of sp³-hybridized carbons (Fsp3) is 0.321. The van der Waals surface area contributed by atoms with Gasteiger partial charge >= 0.3 is 11.9 Å². The first-order chi connectivity index (χ1) is 16.3. The standard InChI is InChI=1S/C28H33NO5/c1-4-9-25(5-2)34-27(31)17-16-26(30)29-24(18-20(3)28(32)33)19-21-12-14-23(15-13-21)22-10-7-6-8-11-22/h4-15,20,24H,16-19H2,1-3H3,(H,29,30)(H,32,33)/b9-4-,25-5+/t20?,24-/m0/s1. The summed E-state index contributed by atoms with van der Waals surface area (Å²) in [5.74, 6) is -1.90. The third-order valence-electron chi connectivity index (χ3n) is 5.37. The number of aliphatic carboxylic acids is 1. The van der Waals surface area contributed by atoms with Crippen LogP contribution in [-0.2, 0) is 25.5 Å². The quantitative estimate of drug-likeness (QED) is 0.253. The number of ether oxygens (including phenoxy) is 1. The summed E-state index contributed by atoms with van der Waals surface area (Å²) in [5.41, 5.74) is 3.19. The maximum Gasteiger partial charge on any atom is 0.311 e. The van der Waals surface area contributed by atoms with E-state index in [9.17, 15) is 19.5 Å². The minimum absolute atomic E-state index is 0.0312. The second-order valence-corrected chi connectivity index (χ2v) is 8.17. The Bertz CT molecular complexity index is 1010. The minimum Gasteiger partial charge on any atom is -0.481 e. The number of benzene rings is 2. The number of hydrogen-bond acceptors (Lipinski definition) is 4. The van der Waals surface area contributed by atoms with Crippen molar-refractivity contribution in [1.29, 1.82) is 0 Å². The largest absolute Gasteiger partial charge is 0.481 e. The molecular weight excluding hydrogens is 430 g/mol. The number of carboxylic acid groups (broad SMARTS) is 1. The van der Waals surface area contributed by atoms with Gasteiger partial charge in [-0.3, -0.25) is 14.4 Å². The molecule has 1 amide bonds. The van der Waals surface area contributed by atoms with Crippen LogP contribution in [0.4, 0.5) is 0 Å². The third kappa shape index (κ3) is 9.06. The van der Waals surface area contributed by atoms with E-state index in [1.807, 2.05) is 61.5 Å². The molecule has 0 heterocycles. The monoisotopic (exact) mass is 463 g/mol. The summed E-state index contributed by atoms with van der Waals surface area (Å²) in [6, 6.07) is 17.7. The van der Waals surface area contributed by atoms with Crippen molar-refractivity contribution in [3.8, 4) is 11.1 Å². The summed E-state index contributed by atoms with van der Waals surface area (Å²) in [7, 11) is 0. The molecule has 6 heteroatoms. The number of carboxylic acids is 1. The molecule has 0 aliphatic heterocycles. The molecule has 180 valence electrons. The molecule has 0 aromatic heterocycles. The van der Waals surface area contributed by atoms with Crippen molar-refractivity contribution in [2.24, 2.45) is 5.92 Å². The van der Waals surface area contributed by atoms with E-state index in [1.54, 1.807) is 32.1 Å². The van der Waals surface area contributed by atoms with E-state index in [0.717, 1.165) is 16.7 Å². The van der Waals surface area contributed by atoms with E-state index in [2.05, 4.69) is 5.32 Å². The number of allylic oxidation sites excluding steroid dienone is 3. The molecule has 0 bridgehead atoms. The highest BCUT2D eigenvalue weighted by atomic mass is 16.5. The Morgan fingerprint density at radius 2 is 1.62 bits per heavy atom. The number of nitrogens with one attached hydrogen (secondary N) is 1. The molecule has 6 nitrogen and oxygen atoms in total. The first-order valence-electron chi connectivity index (χ1n) is 11.5. The predicted octanol–water partition coefficient (Wildman–Crippen LogP) is 5.30. The zero-order valence-corrected chi connectivity index (χ0v) is 20.0. The first-order valence-corrected chi connectivity index (χ1v) is 11.5. The molecule has 34 heavy (non-hydrogen) atoms. The third-order valence-corrected chi connectivity index (χ3v) is 5.37. The molecule has 2 rings (SSSR count). The Balaban J connectivity index is 1.99. The van der Waals surface area contributed by atoms with Gasteiger partial charge in [-0.25, -0.2) is 0 Å². The highest BCUT2D eigenvalue weighted by molar-refractivity contribution is 5.82. The van der Waals surface area contributed by atoms with Gasteiger partial charge in [-0.05, 0) is 55.5 Å². The normalized spacial score (nSPS) is 13.3. The lowest BCUT2D eigenvalue weighted by atomic mass is 9.95. The molecule has 0 radical (unpaired) electrons. The molecule has 0 aliphatic carbocycles. The first kappa shape index (κ1) is 26.6. The van der Waals surface area contributed by atoms with Crippen LogP contribution in [0.1, 0.15) is 45.6 Å². The number of carbonyl (C=O) groups is 3. The molecule has 2 aromatic carbocycles. The smallest absolute Gasteiger partial charge is 0.311 e. The van der Waals surface area contributed by atoms with Gasteiger partial charge in [-0.15, -0.1) is 0 Å². The zero-order chi connectivity index (χ0) is 24.9. The van der Waals surface area contributed by atoms with Gasteiger partial charge in [0.25, 0.3) is 0 Å². The summed E-state index contributed by atoms with van der Waals surface area (Å²) in [6.45, 7) is 5.20. The molecule has 0 fully saturated rings. The minimum atomic E-state index is -0.912. The number of esters is 1. The average Bonchev–Trinajstić information content (AvgIpc) is 2.83. The summed E-state index contributed by atoms with van der Waals surface area (Å²) in [6.07, 6.45) is 5.79. The molecule has 2 N–H and O–H groups in total. The van der Waals surface area contributed by atoms with E-state index in [1.165, 1.54) is 0 Å². The van der Waals surface area contributed by atoms with Crippen molar-refractivity contribution in [1.82, 2.24) is 5.32 Å². The number of rotatable bonds is 12. The number of hydrogen-bond donors (Lipinski definition) is 2. The summed E-state index contributed by atoms with van der Waals surface area (Å²) in [4.78, 5) is 35.9. The molecule has 0 spiro atoms. The molecule has 0 saturated carbocycles. The number of carbonyl (C=O) groups excluding carboxylic acids is 2. The van der Waals surface area contributed by atoms with Crippen LogP contribution >= 0.6 is 0 Å². The van der Waals surface area contributed by atoms with Gasteiger partial charge in [0.05, 0.1) is 12.3 Å². The van der Waals surface area contributed by atoms with Crippen LogP contribution in [0.15, 0.2) is 78.6 Å². The SMILES string of the molecule is C/C=C\C(=C/C)OC(=O)CCC(=O)N[C@H](Cc1ccc(-c2ccccc2)cc1)CC(C)C(=O)O. The summed E-state index contributed by atoms with van der Waals surface area (Å²) >= 11 is 0. The van der Waals surface area contributed by atoms with Crippen molar-refractivity contribution in [3.05, 3.63) is 84.1 Å². The molecule has 1 unspecified atom stereocenters. The predicted molar refractivity (Wildman–Crippen MR) is 133 cm³/mol. The molecule has 2 atom stereocenters. The maximum absolute atomic E-state index is 12.5. The topological polar surface area (TPSA) is 92.7 Å². The Hall–Kier alpha value is -3.67. The van der Waals surface area contributed by atoms with Crippen molar-refractivity contribution >= 4 is 17.8 Å². The summed E-state index contributed by atoms with van der Waals surface area (Å²) in [5, 5.41) is 12.2. The fourth-order valence-corrected chi connectivity index (χ4v) is 3.52. The van der Waals surface area contributed by atoms with E-state index in [4.69, 9.17) is 4.74 Å². The molecule has 2 aromatic rings. The van der Waals surface area contributed by atoms with Crippen LogP contribution in [0, 0.1) is 5.92 Å². The van der Waals surface area contributed by atoms with Crippen molar-refractivity contribution < 1.29 is 24.2 Å². The fourth-order valence-electron chi connectivity index (χ4n) is 3.52. The molecule has 0 saturated heterocycles. The highest BCUT2D eigenvalue weighted by Gasteiger charge is 2.21. The number of amides is 1. The lowest BCUT2D eigenvalue weighted by Crippen LogP contribution is -2.38. The van der Waals surface area contributed by atoms with Gasteiger partial charge < -0.3 is 15.2 Å². The Morgan fingerprint density at radius 1 is 0.971 bits per heavy atom. The van der Waals surface area contributed by atoms with Crippen LogP contribution in [0.3, 0.4) is 0 Å². The van der Waals surface area contributed by atoms with Gasteiger partial charge in [-0.1, -0.05) is 67.6 Å². The summed E-state index contributed by atoms with van der Waals surface area (Å²) < 4.78 is 5.21. The second-order valence-electron chi connectivity index (χ2n) is 8.17. The van der Waals surface area contributed by atoms with Crippen molar-refractivity contribution in [3.63, 3.8) is 0 Å². The van der Waals surface area contributed by atoms with Gasteiger partial charge in [0, 0.05) is 12.5 Å². The lowest BCUT2D eigenvalue weighted by molar-refractivity contribution is -0.141. The van der Waals surface area contributed by atoms with Crippen LogP contribution in [0.25, 0.3) is 11.1 Å². The Morgan fingerprint density at radius 3 is 2.21 bits per heavy atom. The van der Waals surface area contributed by atoms with Gasteiger partial charge in [0.2, 0.25) is 5.91 Å². The van der Waals surface area contributed by atoms with Crippen molar-refractivity contribution in [2.75, 3.05) is 0 Å². The second kappa shape index (κ2) is 13.8. The van der Waals surface area contributed by atoms with Crippen LogP contribution in [0.5, 0.6) is 0 Å². The molecule has 0 aliphatic rings. The van der Waals surface area contributed by atoms with Gasteiger partial charge in [-0.2, -0.15) is 0 Å². The zero-order valence-electron chi connectivity index (χ0n) is 20.0. The average molecular weight is 464 g/mol. The van der Waals surface area contributed by atoms with Gasteiger partial charge in [0.1, 0.15) is 5.76 Å². The molecular formula is C28H33NO5. The van der Waals surface area contributed by atoms with E-state index in [0.29, 0.717) is 12.2 Å². The van der Waals surface area contributed by atoms with Crippen molar-refractivity contribution in [2.45, 2.75) is 52.5 Å². The van der Waals surface area contributed by atoms with E-state index in [-0.39, 0.29) is 31.2 Å². The van der Waals surface area contributed by atoms with E-state index >= 15 is 0 Å². The Kier molecular flexibility index (Phi) is 10.8. The van der Waals surface area contributed by atoms with Gasteiger partial charge in [0.15, 0.2) is 0 Å². The lowest BCUT2D eigenvalue weighted by Gasteiger charge is -2.21. The van der Waals surface area contributed by atoms with E-state index < -0.39 is 17.9 Å². The van der Waals surface area contributed by atoms with Crippen LogP contribution < -0.4 is 5.32 Å². The Labute approximate surface area is 201 Å².